The zero-order valence-corrected chi connectivity index (χ0v) is 20.3. The summed E-state index contributed by atoms with van der Waals surface area (Å²) in [7, 11) is -1.45. The van der Waals surface area contributed by atoms with Crippen LogP contribution >= 0.6 is 47.1 Å². The van der Waals surface area contributed by atoms with Crippen LogP contribution in [0.5, 0.6) is 0 Å². The van der Waals surface area contributed by atoms with Gasteiger partial charge >= 0.3 is 0 Å². The van der Waals surface area contributed by atoms with E-state index in [0.29, 0.717) is 11.4 Å². The standard InChI is InChI=1S/C17H24N4O2S3.HI/c1-13-11-14(5-6-15(13)26(3,22)23)12-21-16(18-2)19-7-4-9-24-17-20-8-10-25-17;/h5-6,8,10-11H,4,7,9,12H2,1-3H3,(H2,18,19,21);1H. The zero-order valence-electron chi connectivity index (χ0n) is 15.6. The van der Waals surface area contributed by atoms with Crippen LogP contribution in [0.2, 0.25) is 0 Å². The molecule has 10 heteroatoms. The van der Waals surface area contributed by atoms with Crippen molar-refractivity contribution in [2.45, 2.75) is 29.1 Å². The fourth-order valence-electron chi connectivity index (χ4n) is 2.36. The van der Waals surface area contributed by atoms with Gasteiger partial charge in [0.1, 0.15) is 4.34 Å². The molecule has 0 atom stereocenters. The quantitative estimate of drug-likeness (QED) is 0.176. The number of benzene rings is 1. The Morgan fingerprint density at radius 2 is 2.11 bits per heavy atom. The first-order valence-corrected chi connectivity index (χ1v) is 11.9. The molecule has 1 aromatic carbocycles. The molecule has 0 fully saturated rings. The molecule has 150 valence electrons. The first-order chi connectivity index (χ1) is 12.4. The number of halogens is 1. The molecule has 27 heavy (non-hydrogen) atoms. The summed E-state index contributed by atoms with van der Waals surface area (Å²) in [5, 5.41) is 8.51. The number of nitrogens with zero attached hydrogens (tertiary/aromatic N) is 2. The minimum absolute atomic E-state index is 0. The van der Waals surface area contributed by atoms with Crippen molar-refractivity contribution in [1.29, 1.82) is 0 Å². The molecule has 6 nitrogen and oxygen atoms in total. The molecule has 0 saturated carbocycles. The normalized spacial score (nSPS) is 11.7. The van der Waals surface area contributed by atoms with Crippen LogP contribution in [0, 0.1) is 6.92 Å². The van der Waals surface area contributed by atoms with E-state index in [-0.39, 0.29) is 24.0 Å². The number of thiazole rings is 1. The third kappa shape index (κ3) is 8.36. The minimum Gasteiger partial charge on any atom is -0.356 e. The van der Waals surface area contributed by atoms with Gasteiger partial charge < -0.3 is 10.6 Å². The van der Waals surface area contributed by atoms with Gasteiger partial charge in [-0.15, -0.1) is 35.3 Å². The Balaban J connectivity index is 0.00000364. The molecule has 0 amide bonds. The molecule has 0 aliphatic carbocycles. The SMILES string of the molecule is CN=C(NCCCSc1nccs1)NCc1ccc(S(C)(=O)=O)c(C)c1.I. The zero-order chi connectivity index (χ0) is 19.0. The Morgan fingerprint density at radius 3 is 2.70 bits per heavy atom. The Kier molecular flexibility index (Phi) is 10.6. The lowest BCUT2D eigenvalue weighted by Gasteiger charge is -2.13. The first kappa shape index (κ1) is 24.2. The van der Waals surface area contributed by atoms with Crippen molar-refractivity contribution in [1.82, 2.24) is 15.6 Å². The van der Waals surface area contributed by atoms with Crippen molar-refractivity contribution < 1.29 is 8.42 Å². The van der Waals surface area contributed by atoms with Crippen molar-refractivity contribution in [2.24, 2.45) is 4.99 Å². The summed E-state index contributed by atoms with van der Waals surface area (Å²) >= 11 is 3.42. The number of thioether (sulfide) groups is 1. The third-order valence-corrected chi connectivity index (χ3v) is 6.88. The van der Waals surface area contributed by atoms with Crippen LogP contribution in [0.4, 0.5) is 0 Å². The number of sulfone groups is 1. The Labute approximate surface area is 186 Å². The smallest absolute Gasteiger partial charge is 0.191 e. The Morgan fingerprint density at radius 1 is 1.33 bits per heavy atom. The van der Waals surface area contributed by atoms with E-state index in [4.69, 9.17) is 0 Å². The van der Waals surface area contributed by atoms with Gasteiger partial charge in [0.25, 0.3) is 0 Å². The molecule has 1 heterocycles. The lowest BCUT2D eigenvalue weighted by atomic mass is 10.1. The number of aromatic nitrogens is 1. The van der Waals surface area contributed by atoms with E-state index in [0.717, 1.165) is 40.1 Å². The lowest BCUT2D eigenvalue weighted by Crippen LogP contribution is -2.37. The molecule has 1 aromatic heterocycles. The average Bonchev–Trinajstić information content (AvgIpc) is 3.09. The van der Waals surface area contributed by atoms with Gasteiger partial charge in [-0.3, -0.25) is 4.99 Å². The van der Waals surface area contributed by atoms with Crippen molar-refractivity contribution in [3.63, 3.8) is 0 Å². The average molecular weight is 541 g/mol. The molecule has 2 rings (SSSR count). The largest absolute Gasteiger partial charge is 0.356 e. The number of aliphatic imine (C=N–C) groups is 1. The van der Waals surface area contributed by atoms with E-state index in [1.54, 1.807) is 36.2 Å². The second-order valence-corrected chi connectivity index (χ2v) is 9.95. The predicted octanol–water partition coefficient (Wildman–Crippen LogP) is 3.32. The van der Waals surface area contributed by atoms with Crippen molar-refractivity contribution in [3.8, 4) is 0 Å². The van der Waals surface area contributed by atoms with Crippen LogP contribution in [0.1, 0.15) is 17.5 Å². The second-order valence-electron chi connectivity index (χ2n) is 5.72. The van der Waals surface area contributed by atoms with Crippen molar-refractivity contribution in [3.05, 3.63) is 40.9 Å². The van der Waals surface area contributed by atoms with E-state index in [1.165, 1.54) is 6.26 Å². The lowest BCUT2D eigenvalue weighted by molar-refractivity contribution is 0.601. The highest BCUT2D eigenvalue weighted by Gasteiger charge is 2.10. The molecule has 0 spiro atoms. The van der Waals surface area contributed by atoms with Gasteiger partial charge in [-0.2, -0.15) is 0 Å². The third-order valence-electron chi connectivity index (χ3n) is 3.57. The number of guanidine groups is 1. The summed E-state index contributed by atoms with van der Waals surface area (Å²) in [6.45, 7) is 3.22. The molecule has 0 aliphatic heterocycles. The van der Waals surface area contributed by atoms with E-state index in [1.807, 2.05) is 30.6 Å². The maximum absolute atomic E-state index is 11.7. The van der Waals surface area contributed by atoms with Gasteiger partial charge in [-0.25, -0.2) is 13.4 Å². The van der Waals surface area contributed by atoms with Crippen LogP contribution in [-0.2, 0) is 16.4 Å². The van der Waals surface area contributed by atoms with Gasteiger partial charge in [-0.05, 0) is 30.5 Å². The van der Waals surface area contributed by atoms with Crippen LogP contribution in [0.3, 0.4) is 0 Å². The van der Waals surface area contributed by atoms with Crippen LogP contribution in [0.25, 0.3) is 0 Å². The van der Waals surface area contributed by atoms with Crippen LogP contribution in [-0.4, -0.2) is 45.0 Å². The highest BCUT2D eigenvalue weighted by molar-refractivity contribution is 14.0. The predicted molar refractivity (Wildman–Crippen MR) is 125 cm³/mol. The van der Waals surface area contributed by atoms with Gasteiger partial charge in [0.15, 0.2) is 15.8 Å². The van der Waals surface area contributed by atoms with E-state index >= 15 is 0 Å². The fraction of sp³-hybridized carbons (Fsp3) is 0.412. The minimum atomic E-state index is -3.18. The summed E-state index contributed by atoms with van der Waals surface area (Å²) in [6, 6.07) is 5.38. The second kappa shape index (κ2) is 11.9. The summed E-state index contributed by atoms with van der Waals surface area (Å²) in [5.41, 5.74) is 1.77. The molecular formula is C17H25IN4O2S3. The van der Waals surface area contributed by atoms with E-state index < -0.39 is 9.84 Å². The van der Waals surface area contributed by atoms with E-state index in [2.05, 4.69) is 20.6 Å². The number of aryl methyl sites for hydroxylation is 1. The maximum atomic E-state index is 11.7. The molecule has 2 aromatic rings. The highest BCUT2D eigenvalue weighted by Crippen LogP contribution is 2.20. The number of rotatable bonds is 8. The molecule has 0 radical (unpaired) electrons. The summed E-state index contributed by atoms with van der Waals surface area (Å²) in [6.07, 6.45) is 4.06. The summed E-state index contributed by atoms with van der Waals surface area (Å²) in [5.74, 6) is 1.73. The number of hydrogen-bond donors (Lipinski definition) is 2. The monoisotopic (exact) mass is 540 g/mol. The number of hydrogen-bond acceptors (Lipinski definition) is 6. The summed E-state index contributed by atoms with van der Waals surface area (Å²) in [4.78, 5) is 8.83. The van der Waals surface area contributed by atoms with Gasteiger partial charge in [0.2, 0.25) is 0 Å². The molecule has 2 N–H and O–H groups in total. The van der Waals surface area contributed by atoms with Crippen molar-refractivity contribution in [2.75, 3.05) is 25.6 Å². The molecule has 0 bridgehead atoms. The molecule has 0 aliphatic rings. The molecular weight excluding hydrogens is 515 g/mol. The van der Waals surface area contributed by atoms with Gasteiger partial charge in [-0.1, -0.05) is 23.9 Å². The fourth-order valence-corrected chi connectivity index (χ4v) is 4.97. The van der Waals surface area contributed by atoms with Gasteiger partial charge in [0.05, 0.1) is 4.90 Å². The maximum Gasteiger partial charge on any atom is 0.191 e. The number of nitrogens with one attached hydrogen (secondary N) is 2. The topological polar surface area (TPSA) is 83.4 Å². The molecule has 0 unspecified atom stereocenters. The highest BCUT2D eigenvalue weighted by atomic mass is 127. The van der Waals surface area contributed by atoms with Crippen LogP contribution < -0.4 is 10.6 Å². The Bertz CT molecular complexity index is 840. The first-order valence-electron chi connectivity index (χ1n) is 8.16. The van der Waals surface area contributed by atoms with E-state index in [9.17, 15) is 8.42 Å². The van der Waals surface area contributed by atoms with Crippen molar-refractivity contribution >= 4 is 62.9 Å². The van der Waals surface area contributed by atoms with Crippen LogP contribution in [0.15, 0.2) is 44.0 Å². The Hall–Kier alpha value is -0.850. The van der Waals surface area contributed by atoms with Gasteiger partial charge in [0, 0.05) is 43.7 Å². The molecule has 0 saturated heterocycles. The summed E-state index contributed by atoms with van der Waals surface area (Å²) < 4.78 is 24.4.